The van der Waals surface area contributed by atoms with Gasteiger partial charge in [0, 0.05) is 24.7 Å². The fourth-order valence-corrected chi connectivity index (χ4v) is 3.39. The number of ether oxygens (including phenoxy) is 1. The number of nitrogens with one attached hydrogen (secondary N) is 2. The fraction of sp³-hybridized carbons (Fsp3) is 0.524. The summed E-state index contributed by atoms with van der Waals surface area (Å²) in [5, 5.41) is 24.1. The molecule has 3 atom stereocenters. The number of pyridine rings is 1. The number of terminal acetylenes is 1. The van der Waals surface area contributed by atoms with E-state index in [1.807, 2.05) is 0 Å². The molecule has 10 heteroatoms. The Kier molecular flexibility index (Phi) is 7.46. The maximum absolute atomic E-state index is 13.1. The number of rotatable bonds is 6. The molecule has 1 aromatic rings. The van der Waals surface area contributed by atoms with Crippen LogP contribution in [0.2, 0.25) is 0 Å². The number of carbonyl (C=O) groups is 3. The molecule has 168 valence electrons. The number of hydrogen-bond acceptors (Lipinski definition) is 6. The van der Waals surface area contributed by atoms with Crippen molar-refractivity contribution in [1.82, 2.24) is 20.5 Å². The second kappa shape index (κ2) is 9.66. The van der Waals surface area contributed by atoms with Gasteiger partial charge in [0.05, 0.1) is 19.8 Å². The van der Waals surface area contributed by atoms with Crippen LogP contribution in [0.1, 0.15) is 38.4 Å². The number of methoxy groups -OCH3 is 1. The smallest absolute Gasteiger partial charge is 0.405 e. The first kappa shape index (κ1) is 24.0. The number of hydrogen-bond donors (Lipinski definition) is 4. The van der Waals surface area contributed by atoms with E-state index in [1.165, 1.54) is 18.2 Å². The van der Waals surface area contributed by atoms with Crippen LogP contribution in [-0.4, -0.2) is 69.8 Å². The maximum atomic E-state index is 13.1. The number of nitrogens with zero attached hydrogens (tertiary/aromatic N) is 2. The molecule has 0 aliphatic carbocycles. The number of amides is 3. The lowest BCUT2D eigenvalue weighted by atomic mass is 9.85. The van der Waals surface area contributed by atoms with Gasteiger partial charge < -0.3 is 30.5 Å². The van der Waals surface area contributed by atoms with Gasteiger partial charge >= 0.3 is 6.09 Å². The normalized spacial score (nSPS) is 19.3. The van der Waals surface area contributed by atoms with Gasteiger partial charge in [-0.2, -0.15) is 0 Å². The molecule has 2 rings (SSSR count). The van der Waals surface area contributed by atoms with E-state index < -0.39 is 41.5 Å². The lowest BCUT2D eigenvalue weighted by Crippen LogP contribution is -2.57. The SMILES string of the molecule is C#Cc1cnc(CNC(=O)[C@@H]2C[C@@H](O)CN2C(=O)C(NC(=O)O)C(C)(C)C)c(OC)c1. The van der Waals surface area contributed by atoms with Gasteiger partial charge in [0.2, 0.25) is 11.8 Å². The highest BCUT2D eigenvalue weighted by Gasteiger charge is 2.44. The zero-order chi connectivity index (χ0) is 23.3. The van der Waals surface area contributed by atoms with Gasteiger partial charge in [-0.3, -0.25) is 14.6 Å². The van der Waals surface area contributed by atoms with Crippen LogP contribution >= 0.6 is 0 Å². The van der Waals surface area contributed by atoms with Crippen LogP contribution in [0.25, 0.3) is 0 Å². The Morgan fingerprint density at radius 2 is 2.10 bits per heavy atom. The zero-order valence-electron chi connectivity index (χ0n) is 18.0. The lowest BCUT2D eigenvalue weighted by Gasteiger charge is -2.34. The Morgan fingerprint density at radius 3 is 2.65 bits per heavy atom. The van der Waals surface area contributed by atoms with Crippen molar-refractivity contribution in [3.63, 3.8) is 0 Å². The third-order valence-electron chi connectivity index (χ3n) is 4.99. The summed E-state index contributed by atoms with van der Waals surface area (Å²) in [5.74, 6) is 1.80. The number of aliphatic hydroxyl groups is 1. The van der Waals surface area contributed by atoms with Crippen molar-refractivity contribution in [2.45, 2.75) is 51.9 Å². The number of β-amino-alcohol motifs (C(OH)–C–C–N with tert-alkyl or cyclic N) is 1. The average molecular weight is 432 g/mol. The van der Waals surface area contributed by atoms with Crippen molar-refractivity contribution in [3.8, 4) is 18.1 Å². The summed E-state index contributed by atoms with van der Waals surface area (Å²) in [4.78, 5) is 42.5. The van der Waals surface area contributed by atoms with Crippen LogP contribution < -0.4 is 15.4 Å². The second-order valence-electron chi connectivity index (χ2n) is 8.38. The van der Waals surface area contributed by atoms with Crippen molar-refractivity contribution in [1.29, 1.82) is 0 Å². The molecular formula is C21H28N4O6. The largest absolute Gasteiger partial charge is 0.495 e. The predicted octanol–water partition coefficient (Wildman–Crippen LogP) is 0.332. The maximum Gasteiger partial charge on any atom is 0.405 e. The topological polar surface area (TPSA) is 141 Å². The van der Waals surface area contributed by atoms with Crippen LogP contribution in [0.3, 0.4) is 0 Å². The van der Waals surface area contributed by atoms with Crippen molar-refractivity contribution >= 4 is 17.9 Å². The quantitative estimate of drug-likeness (QED) is 0.475. The van der Waals surface area contributed by atoms with E-state index in [2.05, 4.69) is 21.5 Å². The Balaban J connectivity index is 2.16. The minimum Gasteiger partial charge on any atom is -0.495 e. The Morgan fingerprint density at radius 1 is 1.42 bits per heavy atom. The first-order chi connectivity index (χ1) is 14.5. The van der Waals surface area contributed by atoms with Gasteiger partial charge in [-0.1, -0.05) is 26.7 Å². The van der Waals surface area contributed by atoms with E-state index in [4.69, 9.17) is 16.3 Å². The van der Waals surface area contributed by atoms with Crippen LogP contribution in [0, 0.1) is 17.8 Å². The molecule has 2 heterocycles. The highest BCUT2D eigenvalue weighted by molar-refractivity contribution is 5.92. The minimum absolute atomic E-state index is 0.0254. The number of aliphatic hydroxyl groups excluding tert-OH is 1. The summed E-state index contributed by atoms with van der Waals surface area (Å²) >= 11 is 0. The number of aromatic nitrogens is 1. The van der Waals surface area contributed by atoms with Gasteiger partial charge in [0.15, 0.2) is 0 Å². The molecular weight excluding hydrogens is 404 g/mol. The number of carboxylic acid groups (broad SMARTS) is 1. The standard InChI is InChI=1S/C21H28N4O6/c1-6-12-7-16(31-5)14(22-9-12)10-23-18(27)15-8-13(26)11-25(15)19(28)17(21(2,3)4)24-20(29)30/h1,7,9,13,15,17,24,26H,8,10-11H2,2-5H3,(H,23,27)(H,29,30)/t13-,15+,17?/m1/s1. The van der Waals surface area contributed by atoms with Crippen molar-refractivity contribution in [3.05, 3.63) is 23.5 Å². The van der Waals surface area contributed by atoms with Crippen LogP contribution in [-0.2, 0) is 16.1 Å². The molecule has 3 amide bonds. The summed E-state index contributed by atoms with van der Waals surface area (Å²) in [6.07, 6.45) is 4.63. The number of carbonyl (C=O) groups excluding carboxylic acids is 2. The van der Waals surface area contributed by atoms with Crippen molar-refractivity contribution < 1.29 is 29.3 Å². The third-order valence-corrected chi connectivity index (χ3v) is 4.99. The van der Waals surface area contributed by atoms with Crippen LogP contribution in [0.5, 0.6) is 5.75 Å². The van der Waals surface area contributed by atoms with E-state index in [0.29, 0.717) is 17.0 Å². The van der Waals surface area contributed by atoms with Gasteiger partial charge in [-0.05, 0) is 11.5 Å². The van der Waals surface area contributed by atoms with Gasteiger partial charge in [0.25, 0.3) is 0 Å². The summed E-state index contributed by atoms with van der Waals surface area (Å²) in [7, 11) is 1.46. The molecule has 1 aromatic heterocycles. The molecule has 4 N–H and O–H groups in total. The summed E-state index contributed by atoms with van der Waals surface area (Å²) in [5.41, 5.74) is 0.244. The minimum atomic E-state index is -1.34. The van der Waals surface area contributed by atoms with Crippen molar-refractivity contribution in [2.75, 3.05) is 13.7 Å². The molecule has 1 aliphatic rings. The molecule has 1 fully saturated rings. The summed E-state index contributed by atoms with van der Waals surface area (Å²) in [6.45, 7) is 5.10. The molecule has 0 bridgehead atoms. The van der Waals surface area contributed by atoms with Crippen LogP contribution in [0.15, 0.2) is 12.3 Å². The fourth-order valence-electron chi connectivity index (χ4n) is 3.39. The molecule has 1 saturated heterocycles. The first-order valence-corrected chi connectivity index (χ1v) is 9.73. The molecule has 10 nitrogen and oxygen atoms in total. The monoisotopic (exact) mass is 432 g/mol. The van der Waals surface area contributed by atoms with Gasteiger partial charge in [-0.25, -0.2) is 4.79 Å². The van der Waals surface area contributed by atoms with Crippen molar-refractivity contribution in [2.24, 2.45) is 5.41 Å². The zero-order valence-corrected chi connectivity index (χ0v) is 18.0. The molecule has 31 heavy (non-hydrogen) atoms. The predicted molar refractivity (Wildman–Crippen MR) is 111 cm³/mol. The van der Waals surface area contributed by atoms with Gasteiger partial charge in [0.1, 0.15) is 23.5 Å². The molecule has 1 unspecified atom stereocenters. The molecule has 0 aromatic carbocycles. The molecule has 0 spiro atoms. The number of likely N-dealkylation sites (tertiary alicyclic amines) is 1. The third kappa shape index (κ3) is 5.86. The Labute approximate surface area is 181 Å². The van der Waals surface area contributed by atoms with E-state index in [-0.39, 0.29) is 19.5 Å². The lowest BCUT2D eigenvalue weighted by molar-refractivity contribution is -0.142. The molecule has 0 radical (unpaired) electrons. The highest BCUT2D eigenvalue weighted by Crippen LogP contribution is 2.26. The Bertz CT molecular complexity index is 889. The highest BCUT2D eigenvalue weighted by atomic mass is 16.5. The Hall–Kier alpha value is -3.32. The van der Waals surface area contributed by atoms with E-state index >= 15 is 0 Å². The average Bonchev–Trinajstić information content (AvgIpc) is 3.10. The van der Waals surface area contributed by atoms with Gasteiger partial charge in [-0.15, -0.1) is 6.42 Å². The van der Waals surface area contributed by atoms with E-state index in [0.717, 1.165) is 0 Å². The molecule has 0 saturated carbocycles. The summed E-state index contributed by atoms with van der Waals surface area (Å²) < 4.78 is 5.25. The van der Waals surface area contributed by atoms with E-state index in [9.17, 15) is 19.5 Å². The van der Waals surface area contributed by atoms with Crippen LogP contribution in [0.4, 0.5) is 4.79 Å². The molecule has 1 aliphatic heterocycles. The summed E-state index contributed by atoms with van der Waals surface area (Å²) in [6, 6.07) is -0.405. The second-order valence-corrected chi connectivity index (χ2v) is 8.38. The first-order valence-electron chi connectivity index (χ1n) is 9.73. The van der Waals surface area contributed by atoms with E-state index in [1.54, 1.807) is 26.8 Å².